The topological polar surface area (TPSA) is 84.7 Å². The molecule has 0 saturated heterocycles. The minimum Gasteiger partial charge on any atom is -0.497 e. The number of hydrogen-bond donors (Lipinski definition) is 2. The number of nitrogens with one attached hydrogen (secondary N) is 1. The van der Waals surface area contributed by atoms with Gasteiger partial charge in [0.05, 0.1) is 18.4 Å². The van der Waals surface area contributed by atoms with Crippen LogP contribution in [-0.4, -0.2) is 38.6 Å². The fourth-order valence-electron chi connectivity index (χ4n) is 2.82. The summed E-state index contributed by atoms with van der Waals surface area (Å²) < 4.78 is 5.15. The van der Waals surface area contributed by atoms with Crippen LogP contribution >= 0.6 is 12.4 Å². The van der Waals surface area contributed by atoms with E-state index in [2.05, 4.69) is 5.32 Å². The minimum atomic E-state index is -0.198. The largest absolute Gasteiger partial charge is 0.497 e. The van der Waals surface area contributed by atoms with E-state index < -0.39 is 0 Å². The van der Waals surface area contributed by atoms with Gasteiger partial charge in [0.25, 0.3) is 5.91 Å². The first kappa shape index (κ1) is 24.5. The van der Waals surface area contributed by atoms with Gasteiger partial charge >= 0.3 is 0 Å². The molecule has 0 bridgehead atoms. The summed E-state index contributed by atoms with van der Waals surface area (Å²) in [5.74, 6) is 0.546. The molecule has 0 spiro atoms. The maximum atomic E-state index is 12.7. The van der Waals surface area contributed by atoms with Gasteiger partial charge < -0.3 is 20.7 Å². The van der Waals surface area contributed by atoms with Crippen molar-refractivity contribution in [3.8, 4) is 5.75 Å². The maximum Gasteiger partial charge on any atom is 0.253 e. The predicted molar refractivity (Wildman–Crippen MR) is 119 cm³/mol. The zero-order valence-corrected chi connectivity index (χ0v) is 18.0. The molecule has 0 aromatic heterocycles. The van der Waals surface area contributed by atoms with Crippen LogP contribution in [0.1, 0.15) is 35.7 Å². The molecule has 0 saturated carbocycles. The molecule has 1 atom stereocenters. The highest BCUT2D eigenvalue weighted by molar-refractivity contribution is 6.04. The molecule has 0 radical (unpaired) electrons. The van der Waals surface area contributed by atoms with Crippen molar-refractivity contribution in [2.45, 2.75) is 32.2 Å². The minimum absolute atomic E-state index is 0. The highest BCUT2D eigenvalue weighted by Gasteiger charge is 2.18. The van der Waals surface area contributed by atoms with Crippen molar-refractivity contribution in [2.75, 3.05) is 25.6 Å². The van der Waals surface area contributed by atoms with E-state index in [1.54, 1.807) is 32.4 Å². The third kappa shape index (κ3) is 7.40. The maximum absolute atomic E-state index is 12.7. The predicted octanol–water partition coefficient (Wildman–Crippen LogP) is 3.18. The lowest BCUT2D eigenvalue weighted by Gasteiger charge is -2.21. The summed E-state index contributed by atoms with van der Waals surface area (Å²) in [4.78, 5) is 26.6. The Morgan fingerprint density at radius 3 is 2.41 bits per heavy atom. The number of hydrogen-bond acceptors (Lipinski definition) is 4. The van der Waals surface area contributed by atoms with Crippen molar-refractivity contribution in [1.29, 1.82) is 0 Å². The van der Waals surface area contributed by atoms with Crippen molar-refractivity contribution in [2.24, 2.45) is 5.73 Å². The average Bonchev–Trinajstić information content (AvgIpc) is 2.71. The zero-order valence-electron chi connectivity index (χ0n) is 17.2. The van der Waals surface area contributed by atoms with Crippen molar-refractivity contribution in [3.05, 3.63) is 59.7 Å². The Morgan fingerprint density at radius 1 is 1.14 bits per heavy atom. The molecule has 0 heterocycles. The van der Waals surface area contributed by atoms with Gasteiger partial charge in [-0.15, -0.1) is 12.4 Å². The van der Waals surface area contributed by atoms with Crippen LogP contribution in [0.2, 0.25) is 0 Å². The molecule has 158 valence electrons. The van der Waals surface area contributed by atoms with Gasteiger partial charge in [-0.1, -0.05) is 24.3 Å². The second kappa shape index (κ2) is 12.1. The molecule has 2 aromatic carbocycles. The Balaban J connectivity index is 0.00000420. The van der Waals surface area contributed by atoms with E-state index in [1.807, 2.05) is 37.3 Å². The Kier molecular flexibility index (Phi) is 10.2. The van der Waals surface area contributed by atoms with Crippen LogP contribution in [0.15, 0.2) is 48.5 Å². The molecule has 2 aromatic rings. The summed E-state index contributed by atoms with van der Waals surface area (Å²) in [6.45, 7) is 2.37. The van der Waals surface area contributed by atoms with Gasteiger partial charge in [-0.25, -0.2) is 0 Å². The van der Waals surface area contributed by atoms with E-state index in [4.69, 9.17) is 10.5 Å². The number of ether oxygens (including phenoxy) is 1. The number of amides is 2. The highest BCUT2D eigenvalue weighted by atomic mass is 35.5. The second-order valence-corrected chi connectivity index (χ2v) is 6.84. The van der Waals surface area contributed by atoms with Crippen molar-refractivity contribution in [1.82, 2.24) is 5.32 Å². The molecule has 3 N–H and O–H groups in total. The summed E-state index contributed by atoms with van der Waals surface area (Å²) in [6, 6.07) is 14.8. The van der Waals surface area contributed by atoms with E-state index in [0.29, 0.717) is 37.1 Å². The molecule has 0 aliphatic heterocycles. The number of methoxy groups -OCH3 is 1. The molecule has 0 aliphatic carbocycles. The van der Waals surface area contributed by atoms with Gasteiger partial charge in [0.15, 0.2) is 0 Å². The summed E-state index contributed by atoms with van der Waals surface area (Å²) >= 11 is 0. The van der Waals surface area contributed by atoms with Gasteiger partial charge in [-0.2, -0.15) is 0 Å². The second-order valence-electron chi connectivity index (χ2n) is 6.84. The van der Waals surface area contributed by atoms with Gasteiger partial charge in [0.1, 0.15) is 5.75 Å². The van der Waals surface area contributed by atoms with Crippen LogP contribution in [0.4, 0.5) is 5.69 Å². The molecule has 1 unspecified atom stereocenters. The molecular formula is C22H30ClN3O3. The molecule has 0 aliphatic rings. The fourth-order valence-corrected chi connectivity index (χ4v) is 2.82. The summed E-state index contributed by atoms with van der Waals surface area (Å²) in [5.41, 5.74) is 7.92. The van der Waals surface area contributed by atoms with Gasteiger partial charge in [0.2, 0.25) is 5.91 Å². The SMILES string of the molecule is COc1ccc(CCNC(=O)c2ccccc2N(C)C(=O)CCC(C)N)cc1.Cl. The van der Waals surface area contributed by atoms with Crippen molar-refractivity contribution in [3.63, 3.8) is 0 Å². The van der Waals surface area contributed by atoms with Crippen LogP contribution < -0.4 is 20.7 Å². The van der Waals surface area contributed by atoms with Crippen LogP contribution in [0, 0.1) is 0 Å². The Morgan fingerprint density at radius 2 is 1.79 bits per heavy atom. The lowest BCUT2D eigenvalue weighted by Crippen LogP contribution is -2.32. The Labute approximate surface area is 178 Å². The Bertz CT molecular complexity index is 794. The lowest BCUT2D eigenvalue weighted by molar-refractivity contribution is -0.118. The zero-order chi connectivity index (χ0) is 20.5. The third-order valence-electron chi connectivity index (χ3n) is 4.56. The smallest absolute Gasteiger partial charge is 0.253 e. The van der Waals surface area contributed by atoms with Crippen LogP contribution in [0.25, 0.3) is 0 Å². The van der Waals surface area contributed by atoms with Crippen molar-refractivity contribution < 1.29 is 14.3 Å². The van der Waals surface area contributed by atoms with E-state index in [9.17, 15) is 9.59 Å². The van der Waals surface area contributed by atoms with E-state index in [1.165, 1.54) is 4.90 Å². The Hall–Kier alpha value is -2.57. The van der Waals surface area contributed by atoms with E-state index in [-0.39, 0.29) is 30.3 Å². The summed E-state index contributed by atoms with van der Waals surface area (Å²) in [5, 5.41) is 2.93. The first-order valence-electron chi connectivity index (χ1n) is 9.44. The number of benzene rings is 2. The summed E-state index contributed by atoms with van der Waals surface area (Å²) in [6.07, 6.45) is 1.67. The van der Waals surface area contributed by atoms with Crippen molar-refractivity contribution >= 4 is 29.9 Å². The number of rotatable bonds is 9. The normalized spacial score (nSPS) is 11.2. The third-order valence-corrected chi connectivity index (χ3v) is 4.56. The monoisotopic (exact) mass is 419 g/mol. The number of para-hydroxylation sites is 1. The highest BCUT2D eigenvalue weighted by Crippen LogP contribution is 2.20. The van der Waals surface area contributed by atoms with Gasteiger partial charge in [-0.3, -0.25) is 9.59 Å². The standard InChI is InChI=1S/C22H29N3O3.ClH/c1-16(23)8-13-21(26)25(2)20-7-5-4-6-19(20)22(27)24-15-14-17-9-11-18(28-3)12-10-17;/h4-7,9-12,16H,8,13-15,23H2,1-3H3,(H,24,27);1H. The fraction of sp³-hybridized carbons (Fsp3) is 0.364. The summed E-state index contributed by atoms with van der Waals surface area (Å²) in [7, 11) is 3.32. The number of halogens is 1. The number of anilines is 1. The van der Waals surface area contributed by atoms with Crippen LogP contribution in [0.3, 0.4) is 0 Å². The quantitative estimate of drug-likeness (QED) is 0.653. The van der Waals surface area contributed by atoms with Crippen LogP contribution in [0.5, 0.6) is 5.75 Å². The lowest BCUT2D eigenvalue weighted by atomic mass is 10.1. The molecular weight excluding hydrogens is 390 g/mol. The van der Waals surface area contributed by atoms with Gasteiger partial charge in [0, 0.05) is 26.1 Å². The average molecular weight is 420 g/mol. The first-order valence-corrected chi connectivity index (χ1v) is 9.44. The van der Waals surface area contributed by atoms with Crippen LogP contribution in [-0.2, 0) is 11.2 Å². The van der Waals surface area contributed by atoms with E-state index in [0.717, 1.165) is 11.3 Å². The number of nitrogens with zero attached hydrogens (tertiary/aromatic N) is 1. The number of nitrogens with two attached hydrogens (primary N) is 1. The molecule has 0 fully saturated rings. The van der Waals surface area contributed by atoms with E-state index >= 15 is 0 Å². The molecule has 29 heavy (non-hydrogen) atoms. The van der Waals surface area contributed by atoms with Gasteiger partial charge in [-0.05, 0) is 49.6 Å². The molecule has 2 rings (SSSR count). The molecule has 7 heteroatoms. The first-order chi connectivity index (χ1) is 13.4. The molecule has 6 nitrogen and oxygen atoms in total. The molecule has 2 amide bonds. The number of carbonyl (C=O) groups is 2. The number of carbonyl (C=O) groups excluding carboxylic acids is 2.